The molecular formula is C23H32N4O3S. The molecule has 0 atom stereocenters. The van der Waals surface area contributed by atoms with Gasteiger partial charge in [-0.2, -0.15) is 0 Å². The Hall–Kier alpha value is -2.19. The summed E-state index contributed by atoms with van der Waals surface area (Å²) < 4.78 is 7.29. The van der Waals surface area contributed by atoms with Crippen LogP contribution in [0.25, 0.3) is 0 Å². The average molecular weight is 445 g/mol. The molecule has 0 saturated heterocycles. The Morgan fingerprint density at radius 2 is 2.06 bits per heavy atom. The van der Waals surface area contributed by atoms with E-state index in [2.05, 4.69) is 9.88 Å². The minimum Gasteiger partial charge on any atom is -0.496 e. The maximum Gasteiger partial charge on any atom is 0.259 e. The summed E-state index contributed by atoms with van der Waals surface area (Å²) in [4.78, 5) is 34.7. The maximum absolute atomic E-state index is 13.4. The van der Waals surface area contributed by atoms with Crippen molar-refractivity contribution in [2.24, 2.45) is 5.92 Å². The van der Waals surface area contributed by atoms with Crippen molar-refractivity contribution in [3.05, 3.63) is 44.3 Å². The monoisotopic (exact) mass is 444 g/mol. The fraction of sp³-hybridized carbons (Fsp3) is 0.609. The van der Waals surface area contributed by atoms with Crippen molar-refractivity contribution in [1.29, 1.82) is 0 Å². The number of rotatable bonds is 6. The molecule has 1 saturated carbocycles. The maximum atomic E-state index is 13.4. The van der Waals surface area contributed by atoms with Gasteiger partial charge in [-0.05, 0) is 18.8 Å². The van der Waals surface area contributed by atoms with Crippen LogP contribution >= 0.6 is 11.3 Å². The highest BCUT2D eigenvalue weighted by atomic mass is 32.1. The second-order valence-corrected chi connectivity index (χ2v) is 9.65. The van der Waals surface area contributed by atoms with Gasteiger partial charge in [-0.25, -0.2) is 4.98 Å². The summed E-state index contributed by atoms with van der Waals surface area (Å²) in [5, 5.41) is 2.79. The number of pyridine rings is 1. The van der Waals surface area contributed by atoms with Crippen LogP contribution in [0.15, 0.2) is 22.4 Å². The Balaban J connectivity index is 1.57. The Labute approximate surface area is 187 Å². The van der Waals surface area contributed by atoms with E-state index in [0.29, 0.717) is 30.8 Å². The van der Waals surface area contributed by atoms with Crippen molar-refractivity contribution in [2.45, 2.75) is 51.6 Å². The molecule has 31 heavy (non-hydrogen) atoms. The lowest BCUT2D eigenvalue weighted by Gasteiger charge is -2.28. The fourth-order valence-corrected chi connectivity index (χ4v) is 5.57. The molecule has 4 rings (SSSR count). The topological polar surface area (TPSA) is 67.7 Å². The Morgan fingerprint density at radius 1 is 1.26 bits per heavy atom. The first-order valence-electron chi connectivity index (χ1n) is 11.2. The average Bonchev–Trinajstić information content (AvgIpc) is 3.20. The first kappa shape index (κ1) is 22.0. The van der Waals surface area contributed by atoms with E-state index in [1.54, 1.807) is 22.7 Å². The van der Waals surface area contributed by atoms with Crippen LogP contribution in [-0.4, -0.2) is 59.0 Å². The zero-order valence-corrected chi connectivity index (χ0v) is 19.3. The first-order chi connectivity index (χ1) is 15.1. The molecule has 2 aromatic rings. The number of carbonyl (C=O) groups is 1. The quantitative estimate of drug-likeness (QED) is 0.685. The molecule has 8 heteroatoms. The highest BCUT2D eigenvalue weighted by molar-refractivity contribution is 7.09. The summed E-state index contributed by atoms with van der Waals surface area (Å²) >= 11 is 1.53. The summed E-state index contributed by atoms with van der Waals surface area (Å²) in [5.74, 6) is 0.997. The van der Waals surface area contributed by atoms with Gasteiger partial charge >= 0.3 is 0 Å². The highest BCUT2D eigenvalue weighted by Crippen LogP contribution is 2.27. The molecule has 168 valence electrons. The number of hydrogen-bond acceptors (Lipinski definition) is 6. The molecule has 0 spiro atoms. The molecule has 1 amide bonds. The van der Waals surface area contributed by atoms with Crippen molar-refractivity contribution in [3.63, 3.8) is 0 Å². The minimum atomic E-state index is -0.128. The molecule has 1 aliphatic heterocycles. The van der Waals surface area contributed by atoms with Crippen LogP contribution in [0.1, 0.15) is 53.2 Å². The summed E-state index contributed by atoms with van der Waals surface area (Å²) in [6, 6.07) is 1.46. The number of amides is 1. The van der Waals surface area contributed by atoms with E-state index in [1.807, 2.05) is 5.38 Å². The van der Waals surface area contributed by atoms with Crippen LogP contribution in [0.2, 0.25) is 0 Å². The third kappa shape index (κ3) is 5.01. The Morgan fingerprint density at radius 3 is 2.77 bits per heavy atom. The van der Waals surface area contributed by atoms with E-state index in [9.17, 15) is 9.59 Å². The largest absolute Gasteiger partial charge is 0.496 e. The van der Waals surface area contributed by atoms with Gasteiger partial charge in [0, 0.05) is 63.0 Å². The van der Waals surface area contributed by atoms with Crippen molar-refractivity contribution in [2.75, 3.05) is 33.8 Å². The van der Waals surface area contributed by atoms with Gasteiger partial charge < -0.3 is 19.1 Å². The van der Waals surface area contributed by atoms with E-state index in [-0.39, 0.29) is 11.5 Å². The van der Waals surface area contributed by atoms with Crippen LogP contribution in [0.5, 0.6) is 5.75 Å². The van der Waals surface area contributed by atoms with Crippen molar-refractivity contribution < 1.29 is 9.53 Å². The smallest absolute Gasteiger partial charge is 0.259 e. The molecule has 0 unspecified atom stereocenters. The number of carbonyl (C=O) groups excluding carboxylic acids is 1. The lowest BCUT2D eigenvalue weighted by molar-refractivity contribution is 0.0779. The normalized spacial score (nSPS) is 17.7. The predicted octanol–water partition coefficient (Wildman–Crippen LogP) is 3.02. The molecular weight excluding hydrogens is 412 g/mol. The molecule has 1 aliphatic carbocycles. The summed E-state index contributed by atoms with van der Waals surface area (Å²) in [5.41, 5.74) is 1.22. The van der Waals surface area contributed by atoms with Crippen LogP contribution in [0.4, 0.5) is 0 Å². The standard InChI is InChI=1S/C23H32N4O3S/c1-25(16-20-24-9-13-31-20)23(29)22-18-8-10-26(15-17-6-4-3-5-7-17)11-12-27(18)21(28)14-19(22)30-2/h9,13-14,17H,3-8,10-12,15-16H2,1-2H3. The second kappa shape index (κ2) is 9.96. The van der Waals surface area contributed by atoms with Gasteiger partial charge in [0.25, 0.3) is 11.5 Å². The second-order valence-electron chi connectivity index (χ2n) is 8.67. The van der Waals surface area contributed by atoms with Gasteiger partial charge in [-0.3, -0.25) is 9.59 Å². The molecule has 0 bridgehead atoms. The van der Waals surface area contributed by atoms with Gasteiger partial charge in [-0.1, -0.05) is 19.3 Å². The van der Waals surface area contributed by atoms with Gasteiger partial charge in [0.15, 0.2) is 0 Å². The van der Waals surface area contributed by atoms with E-state index >= 15 is 0 Å². The van der Waals surface area contributed by atoms with Gasteiger partial charge in [-0.15, -0.1) is 11.3 Å². The molecule has 0 N–H and O–H groups in total. The summed E-state index contributed by atoms with van der Waals surface area (Å²) in [6.45, 7) is 3.85. The van der Waals surface area contributed by atoms with Gasteiger partial charge in [0.1, 0.15) is 16.3 Å². The van der Waals surface area contributed by atoms with E-state index in [0.717, 1.165) is 36.3 Å². The molecule has 0 radical (unpaired) electrons. The SMILES string of the molecule is COc1cc(=O)n2c(c1C(=O)N(C)Cc1nccs1)CCN(CC1CCCCC1)CC2. The predicted molar refractivity (Wildman–Crippen MR) is 122 cm³/mol. The van der Waals surface area contributed by atoms with Crippen molar-refractivity contribution in [3.8, 4) is 5.75 Å². The molecule has 3 heterocycles. The van der Waals surface area contributed by atoms with Crippen molar-refractivity contribution >= 4 is 17.2 Å². The van der Waals surface area contributed by atoms with Gasteiger partial charge in [0.2, 0.25) is 0 Å². The van der Waals surface area contributed by atoms with Gasteiger partial charge in [0.05, 0.1) is 13.7 Å². The molecule has 1 fully saturated rings. The molecule has 7 nitrogen and oxygen atoms in total. The molecule has 2 aromatic heterocycles. The first-order valence-corrected chi connectivity index (χ1v) is 12.1. The highest BCUT2D eigenvalue weighted by Gasteiger charge is 2.28. The van der Waals surface area contributed by atoms with E-state index < -0.39 is 0 Å². The minimum absolute atomic E-state index is 0.0921. The number of nitrogens with zero attached hydrogens (tertiary/aromatic N) is 4. The van der Waals surface area contributed by atoms with Crippen LogP contribution in [-0.2, 0) is 19.5 Å². The summed E-state index contributed by atoms with van der Waals surface area (Å²) in [6.07, 6.45) is 9.06. The molecule has 0 aromatic carbocycles. The van der Waals surface area contributed by atoms with Crippen LogP contribution in [0, 0.1) is 5.92 Å². The van der Waals surface area contributed by atoms with Crippen LogP contribution in [0.3, 0.4) is 0 Å². The zero-order valence-electron chi connectivity index (χ0n) is 18.5. The fourth-order valence-electron chi connectivity index (χ4n) is 4.90. The van der Waals surface area contributed by atoms with E-state index in [4.69, 9.17) is 4.74 Å². The van der Waals surface area contributed by atoms with Crippen molar-refractivity contribution in [1.82, 2.24) is 19.4 Å². The van der Waals surface area contributed by atoms with E-state index in [1.165, 1.54) is 56.6 Å². The third-order valence-corrected chi connectivity index (χ3v) is 7.33. The number of aromatic nitrogens is 2. The van der Waals surface area contributed by atoms with Crippen LogP contribution < -0.4 is 10.3 Å². The zero-order chi connectivity index (χ0) is 21.8. The summed E-state index contributed by atoms with van der Waals surface area (Å²) in [7, 11) is 3.30. The Bertz CT molecular complexity index is 950. The lowest BCUT2D eigenvalue weighted by atomic mass is 9.89. The number of ether oxygens (including phenoxy) is 1. The lowest BCUT2D eigenvalue weighted by Crippen LogP contribution is -2.33. The molecule has 2 aliphatic rings. The number of methoxy groups -OCH3 is 1. The number of hydrogen-bond donors (Lipinski definition) is 0. The Kier molecular flexibility index (Phi) is 7.07. The number of fused-ring (bicyclic) bond motifs is 1. The third-order valence-electron chi connectivity index (χ3n) is 6.56. The number of thiazole rings is 1.